The Bertz CT molecular complexity index is 845. The van der Waals surface area contributed by atoms with E-state index in [1.54, 1.807) is 24.0 Å². The Hall–Kier alpha value is -2.21. The summed E-state index contributed by atoms with van der Waals surface area (Å²) < 4.78 is 10.7. The van der Waals surface area contributed by atoms with E-state index < -0.39 is 6.09 Å². The predicted molar refractivity (Wildman–Crippen MR) is 113 cm³/mol. The molecule has 0 radical (unpaired) electrons. The van der Waals surface area contributed by atoms with Gasteiger partial charge in [0.2, 0.25) is 5.91 Å². The van der Waals surface area contributed by atoms with Crippen LogP contribution in [0.4, 0.5) is 10.5 Å². The molecule has 2 N–H and O–H groups in total. The molecule has 2 heterocycles. The fraction of sp³-hybridized carbons (Fsp3) is 0.550. The Kier molecular flexibility index (Phi) is 7.64. The number of amides is 2. The van der Waals surface area contributed by atoms with Gasteiger partial charge in [0.1, 0.15) is 17.7 Å². The van der Waals surface area contributed by atoms with Gasteiger partial charge >= 0.3 is 6.09 Å². The molecule has 1 aromatic carbocycles. The summed E-state index contributed by atoms with van der Waals surface area (Å²) in [6.07, 6.45) is 2.39. The van der Waals surface area contributed by atoms with E-state index in [0.29, 0.717) is 23.7 Å². The highest BCUT2D eigenvalue weighted by Crippen LogP contribution is 2.38. The summed E-state index contributed by atoms with van der Waals surface area (Å²) in [6.45, 7) is 2.82. The van der Waals surface area contributed by atoms with E-state index in [4.69, 9.17) is 32.7 Å². The molecule has 0 saturated carbocycles. The second-order valence-electron chi connectivity index (χ2n) is 7.21. The van der Waals surface area contributed by atoms with Crippen molar-refractivity contribution in [3.63, 3.8) is 0 Å². The van der Waals surface area contributed by atoms with E-state index >= 15 is 0 Å². The minimum Gasteiger partial charge on any atom is -0.489 e. The number of carbonyl (C=O) groups is 2. The van der Waals surface area contributed by atoms with Crippen molar-refractivity contribution in [3.05, 3.63) is 22.2 Å². The van der Waals surface area contributed by atoms with Gasteiger partial charge in [0, 0.05) is 12.6 Å². The molecule has 10 heteroatoms. The molecule has 0 unspecified atom stereocenters. The molecule has 162 valence electrons. The van der Waals surface area contributed by atoms with E-state index in [-0.39, 0.29) is 48.0 Å². The molecule has 0 aromatic heterocycles. The monoisotopic (exact) mass is 454 g/mol. The number of ether oxygens (including phenoxy) is 2. The van der Waals surface area contributed by atoms with E-state index in [1.165, 1.54) is 0 Å². The van der Waals surface area contributed by atoms with Crippen LogP contribution in [-0.2, 0) is 9.53 Å². The number of halogens is 2. The van der Waals surface area contributed by atoms with Gasteiger partial charge in [0.15, 0.2) is 5.75 Å². The number of nitrogens with zero attached hydrogens (tertiary/aromatic N) is 2. The van der Waals surface area contributed by atoms with Gasteiger partial charge in [-0.15, -0.1) is 0 Å². The van der Waals surface area contributed by atoms with Crippen LogP contribution in [0.3, 0.4) is 0 Å². The second kappa shape index (κ2) is 10.2. The number of hydrogen-bond donors (Lipinski definition) is 2. The van der Waals surface area contributed by atoms with E-state index in [9.17, 15) is 14.9 Å². The number of anilines is 1. The van der Waals surface area contributed by atoms with Crippen LogP contribution in [-0.4, -0.2) is 54.8 Å². The minimum absolute atomic E-state index is 0.0294. The predicted octanol–water partition coefficient (Wildman–Crippen LogP) is 3.58. The van der Waals surface area contributed by atoms with Crippen molar-refractivity contribution in [2.24, 2.45) is 0 Å². The Morgan fingerprint density at radius 3 is 2.87 bits per heavy atom. The van der Waals surface area contributed by atoms with Crippen molar-refractivity contribution in [2.75, 3.05) is 25.1 Å². The molecule has 2 amide bonds. The zero-order valence-corrected chi connectivity index (χ0v) is 18.1. The average Bonchev–Trinajstić information content (AvgIpc) is 3.39. The molecule has 2 aliphatic heterocycles. The summed E-state index contributed by atoms with van der Waals surface area (Å²) >= 11 is 12.6. The third-order valence-electron chi connectivity index (χ3n) is 5.21. The fourth-order valence-electron chi connectivity index (χ4n) is 3.73. The van der Waals surface area contributed by atoms with Crippen LogP contribution in [0.1, 0.15) is 32.6 Å². The van der Waals surface area contributed by atoms with Crippen LogP contribution in [0, 0.1) is 11.3 Å². The number of rotatable bonds is 6. The minimum atomic E-state index is -0.621. The van der Waals surface area contributed by atoms with Crippen molar-refractivity contribution in [1.82, 2.24) is 10.2 Å². The lowest BCUT2D eigenvalue weighted by Crippen LogP contribution is -2.47. The first-order valence-corrected chi connectivity index (χ1v) is 10.7. The maximum Gasteiger partial charge on any atom is 0.411 e. The lowest BCUT2D eigenvalue weighted by Gasteiger charge is -2.24. The van der Waals surface area contributed by atoms with Gasteiger partial charge in [-0.1, -0.05) is 23.2 Å². The molecule has 30 heavy (non-hydrogen) atoms. The highest BCUT2D eigenvalue weighted by molar-refractivity contribution is 6.39. The van der Waals surface area contributed by atoms with E-state index in [0.717, 1.165) is 19.3 Å². The molecular formula is C20H24Cl2N4O4. The number of nitriles is 1. The smallest absolute Gasteiger partial charge is 0.411 e. The quantitative estimate of drug-likeness (QED) is 0.680. The topological polar surface area (TPSA) is 104 Å². The third-order valence-corrected chi connectivity index (χ3v) is 5.89. The molecule has 3 atom stereocenters. The second-order valence-corrected chi connectivity index (χ2v) is 7.99. The molecule has 0 spiro atoms. The molecule has 2 saturated heterocycles. The highest BCUT2D eigenvalue weighted by atomic mass is 35.5. The zero-order chi connectivity index (χ0) is 21.7. The molecular weight excluding hydrogens is 431 g/mol. The Labute approximate surface area is 185 Å². The number of carbonyl (C=O) groups excluding carboxylic acids is 2. The van der Waals surface area contributed by atoms with Crippen LogP contribution in [0.2, 0.25) is 10.0 Å². The van der Waals surface area contributed by atoms with Crippen molar-refractivity contribution >= 4 is 40.9 Å². The normalized spacial score (nSPS) is 23.1. The van der Waals surface area contributed by atoms with Crippen LogP contribution >= 0.6 is 23.2 Å². The maximum atomic E-state index is 12.7. The highest BCUT2D eigenvalue weighted by Gasteiger charge is 2.37. The first kappa shape index (κ1) is 22.5. The number of likely N-dealkylation sites (tertiary alicyclic amines) is 1. The standard InChI is InChI=1S/C20H24Cl2N4O4/c1-2-29-20(28)25-15-8-6-14(21)18(17(15)22)30-11-12-5-7-16(24-12)19(27)26-9-3-4-13(26)10-23/h6,8,12-13,16,24H,2-5,7,9,11H2,1H3,(H,25,28)/t12-,13+,16+/m1/s1. The van der Waals surface area contributed by atoms with Gasteiger partial charge in [0.25, 0.3) is 0 Å². The molecule has 2 aliphatic rings. The zero-order valence-electron chi connectivity index (χ0n) is 16.6. The lowest BCUT2D eigenvalue weighted by atomic mass is 10.1. The number of nitrogens with one attached hydrogen (secondary N) is 2. The Morgan fingerprint density at radius 1 is 1.33 bits per heavy atom. The van der Waals surface area contributed by atoms with E-state index in [2.05, 4.69) is 16.7 Å². The molecule has 3 rings (SSSR count). The van der Waals surface area contributed by atoms with Crippen molar-refractivity contribution in [3.8, 4) is 11.8 Å². The lowest BCUT2D eigenvalue weighted by molar-refractivity contribution is -0.133. The SMILES string of the molecule is CCOC(=O)Nc1ccc(Cl)c(OC[C@H]2CC[C@@H](C(=O)N3CCC[C@H]3C#N)N2)c1Cl. The van der Waals surface area contributed by atoms with Crippen molar-refractivity contribution < 1.29 is 19.1 Å². The molecule has 2 fully saturated rings. The summed E-state index contributed by atoms with van der Waals surface area (Å²) in [5.74, 6) is 0.228. The van der Waals surface area contributed by atoms with Gasteiger partial charge in [-0.3, -0.25) is 15.4 Å². The molecule has 8 nitrogen and oxygen atoms in total. The first-order chi connectivity index (χ1) is 14.4. The molecule has 1 aromatic rings. The van der Waals surface area contributed by atoms with Crippen LogP contribution in [0.25, 0.3) is 0 Å². The third kappa shape index (κ3) is 5.09. The maximum absolute atomic E-state index is 12.7. The number of hydrogen-bond acceptors (Lipinski definition) is 6. The largest absolute Gasteiger partial charge is 0.489 e. The first-order valence-electron chi connectivity index (χ1n) is 9.95. The van der Waals surface area contributed by atoms with Crippen molar-refractivity contribution in [1.29, 1.82) is 5.26 Å². The Balaban J connectivity index is 1.58. The summed E-state index contributed by atoms with van der Waals surface area (Å²) in [5, 5.41) is 15.5. The van der Waals surface area contributed by atoms with Crippen LogP contribution in [0.15, 0.2) is 12.1 Å². The van der Waals surface area contributed by atoms with Crippen molar-refractivity contribution in [2.45, 2.75) is 50.7 Å². The van der Waals surface area contributed by atoms with Gasteiger partial charge in [-0.25, -0.2) is 4.79 Å². The van der Waals surface area contributed by atoms with E-state index in [1.807, 2.05) is 0 Å². The summed E-state index contributed by atoms with van der Waals surface area (Å²) in [5.41, 5.74) is 0.332. The summed E-state index contributed by atoms with van der Waals surface area (Å²) in [7, 11) is 0. The molecule has 0 aliphatic carbocycles. The van der Waals surface area contributed by atoms with Gasteiger partial charge in [-0.05, 0) is 44.7 Å². The summed E-state index contributed by atoms with van der Waals surface area (Å²) in [4.78, 5) is 26.0. The van der Waals surface area contributed by atoms with Gasteiger partial charge < -0.3 is 14.4 Å². The Morgan fingerprint density at radius 2 is 2.13 bits per heavy atom. The average molecular weight is 455 g/mol. The van der Waals surface area contributed by atoms with Gasteiger partial charge in [0.05, 0.1) is 29.4 Å². The van der Waals surface area contributed by atoms with Crippen LogP contribution in [0.5, 0.6) is 5.75 Å². The van der Waals surface area contributed by atoms with Crippen LogP contribution < -0.4 is 15.4 Å². The summed E-state index contributed by atoms with van der Waals surface area (Å²) in [6, 6.07) is 4.63. The van der Waals surface area contributed by atoms with Gasteiger partial charge in [-0.2, -0.15) is 5.26 Å². The number of benzene rings is 1. The molecule has 0 bridgehead atoms. The fourth-order valence-corrected chi connectivity index (χ4v) is 4.26.